The van der Waals surface area contributed by atoms with Crippen LogP contribution in [0.1, 0.15) is 29.1 Å². The predicted molar refractivity (Wildman–Crippen MR) is 109 cm³/mol. The number of esters is 1. The maximum absolute atomic E-state index is 12.5. The van der Waals surface area contributed by atoms with Crippen LogP contribution < -0.4 is 10.6 Å². The van der Waals surface area contributed by atoms with Gasteiger partial charge in [-0.3, -0.25) is 0 Å². The number of benzene rings is 1. The minimum atomic E-state index is -0.577. The van der Waals surface area contributed by atoms with Gasteiger partial charge in [0, 0.05) is 23.9 Å². The van der Waals surface area contributed by atoms with Crippen molar-refractivity contribution in [2.24, 2.45) is 0 Å². The van der Waals surface area contributed by atoms with Crippen molar-refractivity contribution >= 4 is 52.2 Å². The van der Waals surface area contributed by atoms with E-state index in [1.165, 1.54) is 43.1 Å². The Hall–Kier alpha value is -2.88. The van der Waals surface area contributed by atoms with Crippen molar-refractivity contribution in [2.45, 2.75) is 13.0 Å². The van der Waals surface area contributed by atoms with E-state index < -0.39 is 18.1 Å². The molecule has 0 aliphatic carbocycles. The standard InChI is InChI=1S/C18H17Cl2N5O4/c1-9(28-2)16-13(8-21-15-7-14(20)24-25(15)16)23-18(27)22-12-5-10(17(26)29-3)4-11(19)6-12/h4-9H,1-3H3,(H2,22,23,27)/t9-/m0/s1. The van der Waals surface area contributed by atoms with Crippen LogP contribution in [-0.4, -0.2) is 40.8 Å². The molecule has 152 valence electrons. The molecule has 1 atom stereocenters. The van der Waals surface area contributed by atoms with Gasteiger partial charge in [0.25, 0.3) is 0 Å². The molecule has 0 spiro atoms. The summed E-state index contributed by atoms with van der Waals surface area (Å²) < 4.78 is 11.6. The van der Waals surface area contributed by atoms with Gasteiger partial charge in [-0.1, -0.05) is 23.2 Å². The van der Waals surface area contributed by atoms with Crippen molar-refractivity contribution in [1.82, 2.24) is 14.6 Å². The molecule has 3 aromatic rings. The van der Waals surface area contributed by atoms with E-state index >= 15 is 0 Å². The Morgan fingerprint density at radius 2 is 1.90 bits per heavy atom. The highest BCUT2D eigenvalue weighted by Gasteiger charge is 2.19. The van der Waals surface area contributed by atoms with E-state index in [0.717, 1.165) is 0 Å². The third kappa shape index (κ3) is 4.58. The molecule has 1 aromatic carbocycles. The van der Waals surface area contributed by atoms with E-state index in [9.17, 15) is 9.59 Å². The largest absolute Gasteiger partial charge is 0.465 e. The topological polar surface area (TPSA) is 107 Å². The quantitative estimate of drug-likeness (QED) is 0.579. The minimum absolute atomic E-state index is 0.207. The van der Waals surface area contributed by atoms with Gasteiger partial charge >= 0.3 is 12.0 Å². The van der Waals surface area contributed by atoms with Crippen LogP contribution in [0.4, 0.5) is 16.2 Å². The van der Waals surface area contributed by atoms with Crippen molar-refractivity contribution in [3.05, 3.63) is 51.9 Å². The van der Waals surface area contributed by atoms with E-state index in [2.05, 4.69) is 25.5 Å². The lowest BCUT2D eigenvalue weighted by atomic mass is 10.2. The van der Waals surface area contributed by atoms with Crippen LogP contribution >= 0.6 is 23.2 Å². The van der Waals surface area contributed by atoms with Gasteiger partial charge in [0.05, 0.1) is 36.4 Å². The first-order valence-corrected chi connectivity index (χ1v) is 9.12. The SMILES string of the molecule is COC(=O)c1cc(Cl)cc(NC(=O)Nc2cnc3cc(Cl)nn3c2[C@H](C)OC)c1. The molecule has 2 N–H and O–H groups in total. The number of methoxy groups -OCH3 is 2. The second kappa shape index (κ2) is 8.64. The zero-order valence-electron chi connectivity index (χ0n) is 15.7. The summed E-state index contributed by atoms with van der Waals surface area (Å²) in [6, 6.07) is 5.41. The Balaban J connectivity index is 1.89. The summed E-state index contributed by atoms with van der Waals surface area (Å²) in [5.74, 6) is -0.572. The highest BCUT2D eigenvalue weighted by molar-refractivity contribution is 6.31. The fourth-order valence-electron chi connectivity index (χ4n) is 2.70. The first-order valence-electron chi connectivity index (χ1n) is 8.36. The number of carbonyl (C=O) groups excluding carboxylic acids is 2. The number of amides is 2. The number of urea groups is 1. The van der Waals surface area contributed by atoms with Crippen LogP contribution in [0.25, 0.3) is 5.65 Å². The van der Waals surface area contributed by atoms with Crippen molar-refractivity contribution in [2.75, 3.05) is 24.9 Å². The van der Waals surface area contributed by atoms with Crippen molar-refractivity contribution in [3.8, 4) is 0 Å². The molecule has 0 bridgehead atoms. The third-order valence-electron chi connectivity index (χ3n) is 4.05. The number of carbonyl (C=O) groups is 2. The molecule has 0 radical (unpaired) electrons. The van der Waals surface area contributed by atoms with E-state index in [4.69, 9.17) is 27.9 Å². The predicted octanol–water partition coefficient (Wildman–Crippen LogP) is 4.17. The maximum atomic E-state index is 12.5. The smallest absolute Gasteiger partial charge is 0.337 e. The Labute approximate surface area is 175 Å². The monoisotopic (exact) mass is 437 g/mol. The van der Waals surface area contributed by atoms with Crippen LogP contribution in [0.15, 0.2) is 30.5 Å². The lowest BCUT2D eigenvalue weighted by molar-refractivity contribution is 0.0600. The van der Waals surface area contributed by atoms with E-state index in [1.54, 1.807) is 13.0 Å². The maximum Gasteiger partial charge on any atom is 0.337 e. The first kappa shape index (κ1) is 20.8. The normalized spacial score (nSPS) is 11.9. The fourth-order valence-corrected chi connectivity index (χ4v) is 3.11. The molecule has 2 heterocycles. The lowest BCUT2D eigenvalue weighted by Crippen LogP contribution is -2.22. The summed E-state index contributed by atoms with van der Waals surface area (Å²) in [7, 11) is 2.79. The molecule has 0 fully saturated rings. The molecule has 3 rings (SSSR count). The molecule has 9 nitrogen and oxygen atoms in total. The van der Waals surface area contributed by atoms with Gasteiger partial charge < -0.3 is 20.1 Å². The highest BCUT2D eigenvalue weighted by Crippen LogP contribution is 2.27. The zero-order valence-corrected chi connectivity index (χ0v) is 17.2. The average molecular weight is 438 g/mol. The Bertz CT molecular complexity index is 1090. The number of hydrogen-bond donors (Lipinski definition) is 2. The molecule has 0 aliphatic heterocycles. The van der Waals surface area contributed by atoms with Gasteiger partial charge in [-0.25, -0.2) is 19.1 Å². The summed E-state index contributed by atoms with van der Waals surface area (Å²) in [6.45, 7) is 1.80. The van der Waals surface area contributed by atoms with Gasteiger partial charge in [-0.05, 0) is 25.1 Å². The van der Waals surface area contributed by atoms with Crippen molar-refractivity contribution in [3.63, 3.8) is 0 Å². The summed E-state index contributed by atoms with van der Waals surface area (Å²) in [6.07, 6.45) is 1.07. The van der Waals surface area contributed by atoms with Crippen LogP contribution in [0.2, 0.25) is 10.2 Å². The van der Waals surface area contributed by atoms with E-state index in [0.29, 0.717) is 22.7 Å². The number of nitrogens with zero attached hydrogens (tertiary/aromatic N) is 3. The minimum Gasteiger partial charge on any atom is -0.465 e. The molecule has 0 saturated heterocycles. The molecular weight excluding hydrogens is 421 g/mol. The highest BCUT2D eigenvalue weighted by atomic mass is 35.5. The molecule has 2 amide bonds. The summed E-state index contributed by atoms with van der Waals surface area (Å²) in [4.78, 5) is 28.5. The summed E-state index contributed by atoms with van der Waals surface area (Å²) in [5, 5.41) is 10.0. The number of rotatable bonds is 5. The fraction of sp³-hybridized carbons (Fsp3) is 0.222. The molecule has 11 heteroatoms. The van der Waals surface area contributed by atoms with E-state index in [1.807, 2.05) is 0 Å². The molecule has 2 aromatic heterocycles. The van der Waals surface area contributed by atoms with Crippen LogP contribution in [0.3, 0.4) is 0 Å². The average Bonchev–Trinajstić information content (AvgIpc) is 3.06. The number of anilines is 2. The Kier molecular flexibility index (Phi) is 6.21. The molecule has 0 aliphatic rings. The lowest BCUT2D eigenvalue weighted by Gasteiger charge is -2.17. The number of ether oxygens (including phenoxy) is 2. The molecule has 0 saturated carbocycles. The third-order valence-corrected chi connectivity index (χ3v) is 4.46. The first-order chi connectivity index (χ1) is 13.8. The number of aromatic nitrogens is 3. The van der Waals surface area contributed by atoms with Crippen LogP contribution in [0.5, 0.6) is 0 Å². The molecule has 0 unspecified atom stereocenters. The van der Waals surface area contributed by atoms with Crippen LogP contribution in [-0.2, 0) is 9.47 Å². The van der Waals surface area contributed by atoms with Gasteiger partial charge in [-0.2, -0.15) is 5.10 Å². The number of nitrogens with one attached hydrogen (secondary N) is 2. The number of fused-ring (bicyclic) bond motifs is 1. The van der Waals surface area contributed by atoms with Gasteiger partial charge in [0.1, 0.15) is 0 Å². The van der Waals surface area contributed by atoms with Gasteiger partial charge in [0.2, 0.25) is 0 Å². The van der Waals surface area contributed by atoms with Gasteiger partial charge in [-0.15, -0.1) is 0 Å². The van der Waals surface area contributed by atoms with Gasteiger partial charge in [0.15, 0.2) is 10.8 Å². The number of halogens is 2. The zero-order chi connectivity index (χ0) is 21.1. The summed E-state index contributed by atoms with van der Waals surface area (Å²) in [5.41, 5.74) is 1.96. The van der Waals surface area contributed by atoms with Crippen LogP contribution in [0, 0.1) is 0 Å². The second-order valence-electron chi connectivity index (χ2n) is 5.97. The second-order valence-corrected chi connectivity index (χ2v) is 6.80. The Morgan fingerprint density at radius 1 is 1.14 bits per heavy atom. The Morgan fingerprint density at radius 3 is 2.59 bits per heavy atom. The van der Waals surface area contributed by atoms with E-state index in [-0.39, 0.29) is 15.7 Å². The summed E-state index contributed by atoms with van der Waals surface area (Å²) >= 11 is 12.0. The van der Waals surface area contributed by atoms with Crippen molar-refractivity contribution in [1.29, 1.82) is 0 Å². The number of hydrogen-bond acceptors (Lipinski definition) is 6. The van der Waals surface area contributed by atoms with Crippen molar-refractivity contribution < 1.29 is 19.1 Å². The molecular formula is C18H17Cl2N5O4. The molecule has 29 heavy (non-hydrogen) atoms.